The molecule has 0 fully saturated rings. The highest BCUT2D eigenvalue weighted by atomic mass is 35.5. The lowest BCUT2D eigenvalue weighted by atomic mass is 10.2. The van der Waals surface area contributed by atoms with Gasteiger partial charge in [-0.3, -0.25) is 4.79 Å². The number of halogens is 1. The number of amides is 1. The largest absolute Gasteiger partial charge is 0.337 e. The lowest BCUT2D eigenvalue weighted by Gasteiger charge is -2.25. The highest BCUT2D eigenvalue weighted by Crippen LogP contribution is 2.21. The number of benzene rings is 2. The third-order valence-corrected chi connectivity index (χ3v) is 5.45. The summed E-state index contributed by atoms with van der Waals surface area (Å²) in [4.78, 5) is 20.0. The van der Waals surface area contributed by atoms with Crippen molar-refractivity contribution < 1.29 is 9.32 Å². The molecule has 28 heavy (non-hydrogen) atoms. The Hall–Kier alpha value is -2.31. The number of rotatable bonds is 7. The fraction of sp³-hybridized carbons (Fsp3) is 0.286. The van der Waals surface area contributed by atoms with Gasteiger partial charge in [0.15, 0.2) is 0 Å². The van der Waals surface area contributed by atoms with Crippen LogP contribution in [0.15, 0.2) is 57.9 Å². The van der Waals surface area contributed by atoms with E-state index in [2.05, 4.69) is 10.1 Å². The van der Waals surface area contributed by atoms with Gasteiger partial charge in [-0.05, 0) is 57.2 Å². The van der Waals surface area contributed by atoms with E-state index in [9.17, 15) is 4.79 Å². The van der Waals surface area contributed by atoms with Crippen molar-refractivity contribution in [3.63, 3.8) is 0 Å². The van der Waals surface area contributed by atoms with E-state index in [1.54, 1.807) is 17.0 Å². The van der Waals surface area contributed by atoms with Crippen LogP contribution in [0, 0.1) is 6.92 Å². The van der Waals surface area contributed by atoms with Crippen LogP contribution >= 0.6 is 23.4 Å². The zero-order valence-corrected chi connectivity index (χ0v) is 17.6. The van der Waals surface area contributed by atoms with E-state index >= 15 is 0 Å². The Labute approximate surface area is 174 Å². The van der Waals surface area contributed by atoms with Crippen molar-refractivity contribution in [2.45, 2.75) is 38.3 Å². The van der Waals surface area contributed by atoms with E-state index < -0.39 is 0 Å². The Balaban J connectivity index is 1.64. The molecule has 1 aromatic heterocycles. The minimum absolute atomic E-state index is 0.0250. The topological polar surface area (TPSA) is 59.2 Å². The summed E-state index contributed by atoms with van der Waals surface area (Å²) in [7, 11) is 0. The summed E-state index contributed by atoms with van der Waals surface area (Å²) in [6.07, 6.45) is 0. The number of aromatic nitrogens is 2. The number of aryl methyl sites for hydroxylation is 1. The molecule has 5 nitrogen and oxygen atoms in total. The lowest BCUT2D eigenvalue weighted by Crippen LogP contribution is -2.37. The van der Waals surface area contributed by atoms with Crippen LogP contribution in [0.1, 0.15) is 25.3 Å². The molecule has 1 amide bonds. The number of carbonyl (C=O) groups excluding carboxylic acids is 1. The van der Waals surface area contributed by atoms with Gasteiger partial charge in [0.05, 0.1) is 5.75 Å². The molecule has 0 spiro atoms. The first-order valence-corrected chi connectivity index (χ1v) is 10.4. The van der Waals surface area contributed by atoms with Crippen LogP contribution in [-0.4, -0.2) is 32.7 Å². The molecule has 0 aliphatic heterocycles. The number of thioether (sulfide) groups is 1. The Morgan fingerprint density at radius 2 is 1.82 bits per heavy atom. The van der Waals surface area contributed by atoms with Crippen LogP contribution in [0.4, 0.5) is 0 Å². The van der Waals surface area contributed by atoms with Crippen LogP contribution in [0.3, 0.4) is 0 Å². The molecule has 0 aliphatic rings. The summed E-state index contributed by atoms with van der Waals surface area (Å²) in [5.74, 6) is 1.29. The zero-order chi connectivity index (χ0) is 20.1. The maximum Gasteiger partial charge on any atom is 0.246 e. The predicted octanol–water partition coefficient (Wildman–Crippen LogP) is 5.23. The van der Waals surface area contributed by atoms with Crippen LogP contribution in [0.5, 0.6) is 0 Å². The van der Waals surface area contributed by atoms with Gasteiger partial charge in [0.25, 0.3) is 0 Å². The molecule has 3 aromatic rings. The van der Waals surface area contributed by atoms with Gasteiger partial charge < -0.3 is 9.42 Å². The fourth-order valence-electron chi connectivity index (χ4n) is 2.60. The Bertz CT molecular complexity index is 924. The van der Waals surface area contributed by atoms with Crippen molar-refractivity contribution in [3.05, 3.63) is 65.0 Å². The molecule has 0 atom stereocenters. The van der Waals surface area contributed by atoms with Gasteiger partial charge in [0, 0.05) is 21.5 Å². The number of carbonyl (C=O) groups is 1. The summed E-state index contributed by atoms with van der Waals surface area (Å²) in [6.45, 7) is 6.28. The third kappa shape index (κ3) is 5.36. The van der Waals surface area contributed by atoms with Crippen molar-refractivity contribution in [3.8, 4) is 11.4 Å². The van der Waals surface area contributed by atoms with E-state index in [0.29, 0.717) is 22.5 Å². The maximum atomic E-state index is 12.7. The van der Waals surface area contributed by atoms with E-state index in [4.69, 9.17) is 16.1 Å². The van der Waals surface area contributed by atoms with Gasteiger partial charge in [0.1, 0.15) is 6.54 Å². The fourth-order valence-corrected chi connectivity index (χ4v) is 3.51. The zero-order valence-electron chi connectivity index (χ0n) is 16.1. The molecular formula is C21H22ClN3O2S. The molecule has 0 unspecified atom stereocenters. The second-order valence-corrected chi connectivity index (χ2v) is 8.22. The summed E-state index contributed by atoms with van der Waals surface area (Å²) >= 11 is 7.44. The minimum Gasteiger partial charge on any atom is -0.337 e. The summed E-state index contributed by atoms with van der Waals surface area (Å²) in [5.41, 5.74) is 2.02. The molecule has 0 radical (unpaired) electrons. The first-order valence-electron chi connectivity index (χ1n) is 9.00. The quantitative estimate of drug-likeness (QED) is 0.494. The van der Waals surface area contributed by atoms with Crippen molar-refractivity contribution in [1.29, 1.82) is 0 Å². The average Bonchev–Trinajstić information content (AvgIpc) is 3.14. The van der Waals surface area contributed by atoms with Gasteiger partial charge >= 0.3 is 0 Å². The maximum absolute atomic E-state index is 12.7. The van der Waals surface area contributed by atoms with Gasteiger partial charge in [-0.25, -0.2) is 0 Å². The first-order chi connectivity index (χ1) is 13.4. The van der Waals surface area contributed by atoms with E-state index in [1.165, 1.54) is 17.3 Å². The Morgan fingerprint density at radius 1 is 1.14 bits per heavy atom. The van der Waals surface area contributed by atoms with Crippen molar-refractivity contribution in [1.82, 2.24) is 15.0 Å². The summed E-state index contributed by atoms with van der Waals surface area (Å²) in [5, 5.41) is 4.67. The van der Waals surface area contributed by atoms with Crippen molar-refractivity contribution >= 4 is 29.3 Å². The van der Waals surface area contributed by atoms with Gasteiger partial charge in [-0.2, -0.15) is 4.98 Å². The SMILES string of the molecule is Cc1ccc(SCC(=O)N(Cc2nc(-c3ccc(Cl)cc3)no2)C(C)C)cc1. The smallest absolute Gasteiger partial charge is 0.246 e. The van der Waals surface area contributed by atoms with Gasteiger partial charge in [0.2, 0.25) is 17.6 Å². The predicted molar refractivity (Wildman–Crippen MR) is 112 cm³/mol. The number of nitrogens with zero attached hydrogens (tertiary/aromatic N) is 3. The Morgan fingerprint density at radius 3 is 2.46 bits per heavy atom. The molecule has 0 saturated carbocycles. The van der Waals surface area contributed by atoms with E-state index in [-0.39, 0.29) is 18.5 Å². The second-order valence-electron chi connectivity index (χ2n) is 6.74. The highest BCUT2D eigenvalue weighted by Gasteiger charge is 2.21. The molecule has 0 N–H and O–H groups in total. The van der Waals surface area contributed by atoms with E-state index in [1.807, 2.05) is 57.2 Å². The molecule has 7 heteroatoms. The molecule has 2 aromatic carbocycles. The normalized spacial score (nSPS) is 11.0. The number of hydrogen-bond acceptors (Lipinski definition) is 5. The van der Waals surface area contributed by atoms with Gasteiger partial charge in [-0.15, -0.1) is 11.8 Å². The molecule has 1 heterocycles. The average molecular weight is 416 g/mol. The molecule has 0 saturated heterocycles. The van der Waals surface area contributed by atoms with Crippen molar-refractivity contribution in [2.75, 3.05) is 5.75 Å². The lowest BCUT2D eigenvalue weighted by molar-refractivity contribution is -0.131. The summed E-state index contributed by atoms with van der Waals surface area (Å²) in [6, 6.07) is 15.4. The minimum atomic E-state index is 0.0250. The first kappa shape index (κ1) is 20.4. The number of hydrogen-bond donors (Lipinski definition) is 0. The molecule has 0 bridgehead atoms. The molecular weight excluding hydrogens is 394 g/mol. The van der Waals surface area contributed by atoms with Crippen LogP contribution < -0.4 is 0 Å². The van der Waals surface area contributed by atoms with Crippen molar-refractivity contribution in [2.24, 2.45) is 0 Å². The Kier molecular flexibility index (Phi) is 6.75. The molecule has 0 aliphatic carbocycles. The monoisotopic (exact) mass is 415 g/mol. The summed E-state index contributed by atoms with van der Waals surface area (Å²) < 4.78 is 5.36. The van der Waals surface area contributed by atoms with Crippen LogP contribution in [0.25, 0.3) is 11.4 Å². The van der Waals surface area contributed by atoms with Gasteiger partial charge in [-0.1, -0.05) is 34.5 Å². The molecule has 146 valence electrons. The van der Waals surface area contributed by atoms with E-state index in [0.717, 1.165) is 10.5 Å². The van der Waals surface area contributed by atoms with Crippen LogP contribution in [-0.2, 0) is 11.3 Å². The molecule has 3 rings (SSSR count). The second kappa shape index (κ2) is 9.26. The third-order valence-electron chi connectivity index (χ3n) is 4.20. The highest BCUT2D eigenvalue weighted by molar-refractivity contribution is 8.00. The van der Waals surface area contributed by atoms with Crippen LogP contribution in [0.2, 0.25) is 5.02 Å². The standard InChI is InChI=1S/C21H22ClN3O2S/c1-14(2)25(20(26)13-28-18-10-4-15(3)5-11-18)12-19-23-21(24-27-19)16-6-8-17(22)9-7-16/h4-11,14H,12-13H2,1-3H3.